The Balaban J connectivity index is 3.13. The first kappa shape index (κ1) is 48.1. The molecule has 14 heteroatoms. The summed E-state index contributed by atoms with van der Waals surface area (Å²) in [5.41, 5.74) is -2.44. The third-order valence-electron chi connectivity index (χ3n) is 8.63. The molecule has 4 atom stereocenters. The number of methoxy groups -OCH3 is 1. The van der Waals surface area contributed by atoms with Gasteiger partial charge < -0.3 is 39.4 Å². The van der Waals surface area contributed by atoms with E-state index in [1.165, 1.54) is 39.6 Å². The fourth-order valence-corrected chi connectivity index (χ4v) is 5.47. The number of ether oxygens (including phenoxy) is 4. The Kier molecular flexibility index (Phi) is 23.5. The lowest BCUT2D eigenvalue weighted by atomic mass is 9.82. The number of carbonyl (C=O) groups is 6. The number of esters is 2. The third-order valence-corrected chi connectivity index (χ3v) is 8.63. The smallest absolute Gasteiger partial charge is 0.412 e. The molecule has 0 aromatic heterocycles. The molecule has 0 saturated heterocycles. The van der Waals surface area contributed by atoms with Crippen LogP contribution >= 0.6 is 0 Å². The standard InChI is InChI=1S/C41H60N2O12/c1-7-9-11-14-17-20-32(44)21-18-15-12-13-16-19-22-34(41(51,39(48)49)29-36(45)54-30(3)55-40(50)43(4)5)37(46)42-35(38(47)52-6)28-31-23-25-33(26-24-31)53-27-10-8-2/h19,22-26,30,34-35,51H,7,9,11-18,20-21,27-29H2,1-6H3,(H,42,46)(H,48,49)/t30?,34-,35+,41+/m1/s1. The van der Waals surface area contributed by atoms with Crippen molar-refractivity contribution in [3.63, 3.8) is 0 Å². The van der Waals surface area contributed by atoms with Crippen LogP contribution in [0.1, 0.15) is 110 Å². The molecule has 1 rings (SSSR count). The van der Waals surface area contributed by atoms with E-state index < -0.39 is 60.2 Å². The first-order valence-corrected chi connectivity index (χ1v) is 18.9. The SMILES string of the molecule is CC#CCOc1ccc(C[C@H](NC(=O)[C@@H](C=CCCCCCCC(=O)CCCCCCC)[C@@](O)(CC(=O)OC(C)OC(=O)N(C)C)C(=O)O)C(=O)OC)cc1. The number of hydrogen-bond donors (Lipinski definition) is 3. The van der Waals surface area contributed by atoms with Crippen LogP contribution in [0.3, 0.4) is 0 Å². The van der Waals surface area contributed by atoms with Crippen LogP contribution in [0.5, 0.6) is 5.75 Å². The van der Waals surface area contributed by atoms with Crippen molar-refractivity contribution in [2.75, 3.05) is 27.8 Å². The van der Waals surface area contributed by atoms with Gasteiger partial charge in [0.05, 0.1) is 19.4 Å². The van der Waals surface area contributed by atoms with Gasteiger partial charge in [0.2, 0.25) is 12.2 Å². The van der Waals surface area contributed by atoms with E-state index in [4.69, 9.17) is 18.9 Å². The summed E-state index contributed by atoms with van der Waals surface area (Å²) in [5.74, 6) is -0.648. The minimum absolute atomic E-state index is 0.0620. The zero-order valence-electron chi connectivity index (χ0n) is 33.2. The highest BCUT2D eigenvalue weighted by Crippen LogP contribution is 2.27. The number of carboxylic acids is 1. The topological polar surface area (TPSA) is 195 Å². The summed E-state index contributed by atoms with van der Waals surface area (Å²) >= 11 is 0. The number of aliphatic carboxylic acids is 1. The molecule has 55 heavy (non-hydrogen) atoms. The molecular weight excluding hydrogens is 712 g/mol. The molecule has 1 unspecified atom stereocenters. The molecule has 0 heterocycles. The van der Waals surface area contributed by atoms with Crippen LogP contribution in [-0.2, 0) is 44.6 Å². The van der Waals surface area contributed by atoms with Crippen molar-refractivity contribution >= 4 is 35.7 Å². The van der Waals surface area contributed by atoms with Crippen molar-refractivity contribution < 1.29 is 57.9 Å². The number of rotatable bonds is 27. The number of nitrogens with one attached hydrogen (secondary N) is 1. The molecule has 306 valence electrons. The highest BCUT2D eigenvalue weighted by atomic mass is 16.7. The van der Waals surface area contributed by atoms with Crippen molar-refractivity contribution in [3.05, 3.63) is 42.0 Å². The second kappa shape index (κ2) is 26.8. The lowest BCUT2D eigenvalue weighted by Crippen LogP contribution is -2.55. The maximum Gasteiger partial charge on any atom is 0.412 e. The summed E-state index contributed by atoms with van der Waals surface area (Å²) in [4.78, 5) is 77.3. The third kappa shape index (κ3) is 19.3. The Morgan fingerprint density at radius 1 is 0.927 bits per heavy atom. The van der Waals surface area contributed by atoms with Crippen LogP contribution in [0.15, 0.2) is 36.4 Å². The van der Waals surface area contributed by atoms with Gasteiger partial charge in [-0.1, -0.05) is 75.7 Å². The zero-order chi connectivity index (χ0) is 41.2. The summed E-state index contributed by atoms with van der Waals surface area (Å²) in [6.45, 7) is 5.25. The maximum absolute atomic E-state index is 13.9. The molecule has 0 saturated carbocycles. The van der Waals surface area contributed by atoms with E-state index in [0.717, 1.165) is 57.0 Å². The van der Waals surface area contributed by atoms with Crippen LogP contribution in [0.25, 0.3) is 0 Å². The van der Waals surface area contributed by atoms with Gasteiger partial charge in [-0.25, -0.2) is 14.4 Å². The van der Waals surface area contributed by atoms with Crippen LogP contribution in [-0.4, -0.2) is 96.5 Å². The van der Waals surface area contributed by atoms with E-state index >= 15 is 0 Å². The number of carboxylic acid groups (broad SMARTS) is 1. The Morgan fingerprint density at radius 2 is 1.55 bits per heavy atom. The summed E-state index contributed by atoms with van der Waals surface area (Å²) < 4.78 is 20.4. The summed E-state index contributed by atoms with van der Waals surface area (Å²) in [5, 5.41) is 24.2. The van der Waals surface area contributed by atoms with E-state index in [1.807, 2.05) is 0 Å². The second-order valence-corrected chi connectivity index (χ2v) is 13.5. The van der Waals surface area contributed by atoms with Crippen LogP contribution in [0.4, 0.5) is 4.79 Å². The molecule has 1 aromatic rings. The number of allylic oxidation sites excluding steroid dienone is 1. The van der Waals surface area contributed by atoms with Gasteiger partial charge in [0.1, 0.15) is 24.2 Å². The number of amides is 2. The molecule has 0 radical (unpaired) electrons. The Labute approximate surface area is 325 Å². The van der Waals surface area contributed by atoms with E-state index in [2.05, 4.69) is 24.1 Å². The Hall–Kier alpha value is -4.90. The normalized spacial score (nSPS) is 13.6. The number of nitrogens with zero attached hydrogens (tertiary/aromatic N) is 1. The van der Waals surface area contributed by atoms with Crippen molar-refractivity contribution in [2.45, 2.75) is 129 Å². The van der Waals surface area contributed by atoms with E-state index in [-0.39, 0.29) is 18.8 Å². The van der Waals surface area contributed by atoms with Crippen LogP contribution in [0, 0.1) is 17.8 Å². The summed E-state index contributed by atoms with van der Waals surface area (Å²) in [6, 6.07) is 5.36. The highest BCUT2D eigenvalue weighted by molar-refractivity contribution is 5.95. The van der Waals surface area contributed by atoms with Crippen molar-refractivity contribution in [1.29, 1.82) is 0 Å². The lowest BCUT2D eigenvalue weighted by Gasteiger charge is -2.30. The fraction of sp³-hybridized carbons (Fsp3) is 0.610. The number of unbranched alkanes of at least 4 members (excludes halogenated alkanes) is 8. The average Bonchev–Trinajstić information content (AvgIpc) is 3.13. The zero-order valence-corrected chi connectivity index (χ0v) is 33.2. The van der Waals surface area contributed by atoms with E-state index in [0.29, 0.717) is 37.0 Å². The predicted molar refractivity (Wildman–Crippen MR) is 205 cm³/mol. The van der Waals surface area contributed by atoms with Crippen molar-refractivity contribution in [2.24, 2.45) is 5.92 Å². The van der Waals surface area contributed by atoms with Crippen molar-refractivity contribution in [1.82, 2.24) is 10.2 Å². The van der Waals surface area contributed by atoms with Gasteiger partial charge in [-0.2, -0.15) is 0 Å². The molecule has 14 nitrogen and oxygen atoms in total. The van der Waals surface area contributed by atoms with Gasteiger partial charge in [0, 0.05) is 40.3 Å². The maximum atomic E-state index is 13.9. The van der Waals surface area contributed by atoms with Gasteiger partial charge in [0.15, 0.2) is 5.60 Å². The predicted octanol–water partition coefficient (Wildman–Crippen LogP) is 5.52. The Bertz CT molecular complexity index is 1460. The first-order valence-electron chi connectivity index (χ1n) is 18.9. The number of carbonyl (C=O) groups excluding carboxylic acids is 5. The highest BCUT2D eigenvalue weighted by Gasteiger charge is 2.50. The molecule has 0 fully saturated rings. The van der Waals surface area contributed by atoms with Gasteiger partial charge in [-0.05, 0) is 50.3 Å². The molecule has 2 amide bonds. The molecule has 3 N–H and O–H groups in total. The average molecular weight is 773 g/mol. The summed E-state index contributed by atoms with van der Waals surface area (Å²) in [7, 11) is 3.94. The minimum atomic E-state index is -3.04. The second-order valence-electron chi connectivity index (χ2n) is 13.5. The quantitative estimate of drug-likeness (QED) is 0.0334. The lowest BCUT2D eigenvalue weighted by molar-refractivity contribution is -0.182. The minimum Gasteiger partial charge on any atom is -0.481 e. The number of aliphatic hydroxyl groups is 1. The van der Waals surface area contributed by atoms with Gasteiger partial charge in [-0.15, -0.1) is 5.92 Å². The molecule has 1 aromatic carbocycles. The summed E-state index contributed by atoms with van der Waals surface area (Å²) in [6.07, 6.45) is 9.14. The molecule has 0 aliphatic rings. The van der Waals surface area contributed by atoms with Gasteiger partial charge >= 0.3 is 24.0 Å². The van der Waals surface area contributed by atoms with Gasteiger partial charge in [0.25, 0.3) is 0 Å². The largest absolute Gasteiger partial charge is 0.481 e. The number of ketones is 1. The van der Waals surface area contributed by atoms with Crippen LogP contribution < -0.4 is 10.1 Å². The molecule has 0 bridgehead atoms. The first-order chi connectivity index (χ1) is 26.2. The number of benzene rings is 1. The van der Waals surface area contributed by atoms with Crippen molar-refractivity contribution in [3.8, 4) is 17.6 Å². The molecule has 0 aliphatic carbocycles. The fourth-order valence-electron chi connectivity index (χ4n) is 5.47. The van der Waals surface area contributed by atoms with Gasteiger partial charge in [-0.3, -0.25) is 14.4 Å². The molecule has 0 aliphatic heterocycles. The number of hydrogen-bond acceptors (Lipinski definition) is 11. The van der Waals surface area contributed by atoms with E-state index in [1.54, 1.807) is 31.2 Å². The monoisotopic (exact) mass is 772 g/mol. The molecular formula is C41H60N2O12. The number of Topliss-reactive ketones (excluding diaryl/α,β-unsaturated/α-hetero) is 1. The van der Waals surface area contributed by atoms with E-state index in [9.17, 15) is 39.0 Å². The Morgan fingerprint density at radius 3 is 2.11 bits per heavy atom. The van der Waals surface area contributed by atoms with Crippen LogP contribution in [0.2, 0.25) is 0 Å². The molecule has 0 spiro atoms.